The number of alkyl carbamates (subject to hydrolysis) is 1. The number of hydrogen-bond acceptors (Lipinski definition) is 12. The van der Waals surface area contributed by atoms with Gasteiger partial charge in [0.1, 0.15) is 47.9 Å². The number of fused-ring (bicyclic) bond motifs is 1. The van der Waals surface area contributed by atoms with Gasteiger partial charge in [0.15, 0.2) is 0 Å². The molecule has 59 heavy (non-hydrogen) atoms. The number of pyridine rings is 2. The molecular formula is C45H60N4O10. The maximum absolute atomic E-state index is 13.3. The smallest absolute Gasteiger partial charge is 0.411 e. The average Bonchev–Trinajstić information content (AvgIpc) is 3.73. The van der Waals surface area contributed by atoms with Gasteiger partial charge in [0.25, 0.3) is 0 Å². The third-order valence-corrected chi connectivity index (χ3v) is 9.87. The lowest BCUT2D eigenvalue weighted by Gasteiger charge is -2.32. The van der Waals surface area contributed by atoms with Crippen LogP contribution in [0.5, 0.6) is 11.6 Å². The van der Waals surface area contributed by atoms with Crippen molar-refractivity contribution < 1.29 is 47.6 Å². The van der Waals surface area contributed by atoms with E-state index in [1.807, 2.05) is 51.1 Å². The molecule has 320 valence electrons. The van der Waals surface area contributed by atoms with E-state index in [9.17, 15) is 19.2 Å². The Morgan fingerprint density at radius 2 is 1.64 bits per heavy atom. The Bertz CT molecular complexity index is 2000. The van der Waals surface area contributed by atoms with E-state index >= 15 is 0 Å². The molecule has 1 aromatic carbocycles. The van der Waals surface area contributed by atoms with Gasteiger partial charge in [-0.05, 0) is 95.8 Å². The van der Waals surface area contributed by atoms with Crippen LogP contribution >= 0.6 is 0 Å². The Kier molecular flexibility index (Phi) is 13.8. The predicted molar refractivity (Wildman–Crippen MR) is 222 cm³/mol. The maximum atomic E-state index is 13.3. The second-order valence-electron chi connectivity index (χ2n) is 18.3. The summed E-state index contributed by atoms with van der Waals surface area (Å²) in [7, 11) is 1.28. The first-order valence-corrected chi connectivity index (χ1v) is 20.2. The number of aromatic nitrogens is 2. The summed E-state index contributed by atoms with van der Waals surface area (Å²) in [6.07, 6.45) is 3.94. The Morgan fingerprint density at radius 1 is 0.949 bits per heavy atom. The zero-order chi connectivity index (χ0) is 43.3. The summed E-state index contributed by atoms with van der Waals surface area (Å²) in [4.78, 5) is 62.7. The summed E-state index contributed by atoms with van der Waals surface area (Å²) >= 11 is 0. The van der Waals surface area contributed by atoms with Crippen LogP contribution in [0.3, 0.4) is 0 Å². The number of esters is 2. The van der Waals surface area contributed by atoms with Crippen LogP contribution < -0.4 is 14.8 Å². The summed E-state index contributed by atoms with van der Waals surface area (Å²) in [5.41, 5.74) is 0.719. The minimum Gasteiger partial charge on any atom is -0.487 e. The Morgan fingerprint density at radius 3 is 2.29 bits per heavy atom. The number of likely N-dealkylation sites (tertiary alicyclic amines) is 1. The molecule has 3 aromatic rings. The molecule has 1 aliphatic heterocycles. The molecule has 2 unspecified atom stereocenters. The molecule has 3 heterocycles. The topological polar surface area (TPSA) is 165 Å². The largest absolute Gasteiger partial charge is 0.487 e. The molecule has 2 aromatic heterocycles. The lowest BCUT2D eigenvalue weighted by Crippen LogP contribution is -2.51. The minimum absolute atomic E-state index is 0.0573. The van der Waals surface area contributed by atoms with Crippen molar-refractivity contribution in [1.29, 1.82) is 0 Å². The number of nitrogens with one attached hydrogen (secondary N) is 1. The monoisotopic (exact) mass is 816 g/mol. The van der Waals surface area contributed by atoms with E-state index < -0.39 is 58.9 Å². The molecule has 0 spiro atoms. The van der Waals surface area contributed by atoms with Gasteiger partial charge >= 0.3 is 24.1 Å². The first kappa shape index (κ1) is 44.7. The molecule has 0 radical (unpaired) electrons. The summed E-state index contributed by atoms with van der Waals surface area (Å²) < 4.78 is 35.2. The predicted octanol–water partition coefficient (Wildman–Crippen LogP) is 8.19. The fourth-order valence-electron chi connectivity index (χ4n) is 6.91. The number of benzene rings is 1. The molecule has 2 aliphatic rings. The number of carbonyl (C=O) groups excluding carboxylic acids is 4. The normalized spacial score (nSPS) is 19.7. The van der Waals surface area contributed by atoms with Crippen molar-refractivity contribution in [3.05, 3.63) is 66.5 Å². The standard InChI is InChI=1S/C45H60N4O10/c1-27(16-15-19-29-22-34(29)57-41(52)48-37(43(2,3)4)40(51)58-44(5,6)7)35-36(55-26-28-17-13-12-14-18-28)31-24-46-21-20-32(31)47-38(35)56-30-23-33(39(50)54-11)49(25-30)42(53)59-45(8,9)10/h12-14,17-18,20-21,24,29-30,33-34,37H,1,15-16,19,22-23,25-26H2,2-11H3,(H,48,52)/t29-,30?,33?,34-,37-/m1/s1. The number of methoxy groups -OCH3 is 1. The van der Waals surface area contributed by atoms with Gasteiger partial charge in [-0.3, -0.25) is 9.88 Å². The molecule has 1 N–H and O–H groups in total. The first-order valence-electron chi connectivity index (χ1n) is 20.2. The molecule has 2 amide bonds. The number of hydrogen-bond donors (Lipinski definition) is 1. The fourth-order valence-corrected chi connectivity index (χ4v) is 6.91. The van der Waals surface area contributed by atoms with Gasteiger partial charge < -0.3 is 33.7 Å². The van der Waals surface area contributed by atoms with Crippen LogP contribution in [0.25, 0.3) is 16.5 Å². The molecule has 1 saturated carbocycles. The highest BCUT2D eigenvalue weighted by atomic mass is 16.6. The van der Waals surface area contributed by atoms with E-state index in [2.05, 4.69) is 16.9 Å². The second-order valence-corrected chi connectivity index (χ2v) is 18.3. The zero-order valence-electron chi connectivity index (χ0n) is 36.1. The molecule has 1 aliphatic carbocycles. The number of rotatable bonds is 14. The van der Waals surface area contributed by atoms with E-state index in [1.165, 1.54) is 12.0 Å². The van der Waals surface area contributed by atoms with Crippen molar-refractivity contribution in [2.75, 3.05) is 13.7 Å². The van der Waals surface area contributed by atoms with Crippen LogP contribution in [-0.4, -0.2) is 88.1 Å². The quantitative estimate of drug-likeness (QED) is 0.123. The SMILES string of the molecule is C=C(CCC[C@@H]1C[C@H]1OC(=O)N[C@H](C(=O)OC(C)(C)C)C(C)(C)C)c1c(OC2CC(C(=O)OC)N(C(=O)OC(C)(C)C)C2)nc2ccncc2c1OCc1ccccc1. The van der Waals surface area contributed by atoms with Crippen LogP contribution in [0.1, 0.15) is 106 Å². The van der Waals surface area contributed by atoms with Crippen molar-refractivity contribution in [3.63, 3.8) is 0 Å². The van der Waals surface area contributed by atoms with Crippen molar-refractivity contribution >= 4 is 40.6 Å². The van der Waals surface area contributed by atoms with E-state index in [0.29, 0.717) is 47.1 Å². The van der Waals surface area contributed by atoms with Crippen LogP contribution in [0.15, 0.2) is 55.4 Å². The lowest BCUT2D eigenvalue weighted by atomic mass is 9.86. The highest BCUT2D eigenvalue weighted by Gasteiger charge is 2.45. The first-order chi connectivity index (χ1) is 27.6. The van der Waals surface area contributed by atoms with Crippen LogP contribution in [0.2, 0.25) is 0 Å². The zero-order valence-corrected chi connectivity index (χ0v) is 36.1. The summed E-state index contributed by atoms with van der Waals surface area (Å²) in [6.45, 7) is 21.0. The molecular weight excluding hydrogens is 757 g/mol. The van der Waals surface area contributed by atoms with Crippen molar-refractivity contribution in [1.82, 2.24) is 20.2 Å². The molecule has 5 atom stereocenters. The van der Waals surface area contributed by atoms with E-state index in [4.69, 9.17) is 33.4 Å². The number of carbonyl (C=O) groups is 4. The van der Waals surface area contributed by atoms with Gasteiger partial charge in [0, 0.05) is 18.8 Å². The third kappa shape index (κ3) is 12.3. The molecule has 14 nitrogen and oxygen atoms in total. The highest BCUT2D eigenvalue weighted by Crippen LogP contribution is 2.44. The summed E-state index contributed by atoms with van der Waals surface area (Å²) in [5.74, 6) is -0.203. The van der Waals surface area contributed by atoms with E-state index in [-0.39, 0.29) is 37.5 Å². The molecule has 2 fully saturated rings. The second kappa shape index (κ2) is 18.3. The lowest BCUT2D eigenvalue weighted by molar-refractivity contribution is -0.160. The van der Waals surface area contributed by atoms with Gasteiger partial charge in [-0.25, -0.2) is 24.2 Å². The van der Waals surface area contributed by atoms with Gasteiger partial charge in [-0.1, -0.05) is 57.7 Å². The molecule has 1 saturated heterocycles. The van der Waals surface area contributed by atoms with Crippen LogP contribution in [0, 0.1) is 11.3 Å². The van der Waals surface area contributed by atoms with Gasteiger partial charge in [-0.2, -0.15) is 0 Å². The summed E-state index contributed by atoms with van der Waals surface area (Å²) in [6, 6.07) is 9.73. The van der Waals surface area contributed by atoms with Gasteiger partial charge in [-0.15, -0.1) is 0 Å². The number of amides is 2. The fraction of sp³-hybridized carbons (Fsp3) is 0.556. The average molecular weight is 817 g/mol. The number of allylic oxidation sites excluding steroid dienone is 1. The Balaban J connectivity index is 1.33. The Hall–Kier alpha value is -5.40. The van der Waals surface area contributed by atoms with E-state index in [0.717, 1.165) is 12.0 Å². The van der Waals surface area contributed by atoms with E-state index in [1.54, 1.807) is 60.0 Å². The van der Waals surface area contributed by atoms with Gasteiger partial charge in [0.2, 0.25) is 5.88 Å². The molecule has 0 bridgehead atoms. The number of nitrogens with zero attached hydrogens (tertiary/aromatic N) is 3. The molecule has 14 heteroatoms. The van der Waals surface area contributed by atoms with Crippen LogP contribution in [0.4, 0.5) is 9.59 Å². The molecule has 5 rings (SSSR count). The minimum atomic E-state index is -0.919. The van der Waals surface area contributed by atoms with Crippen molar-refractivity contribution in [3.8, 4) is 11.6 Å². The summed E-state index contributed by atoms with van der Waals surface area (Å²) in [5, 5.41) is 3.40. The van der Waals surface area contributed by atoms with Crippen molar-refractivity contribution in [2.24, 2.45) is 11.3 Å². The van der Waals surface area contributed by atoms with Crippen LogP contribution in [-0.2, 0) is 35.1 Å². The highest BCUT2D eigenvalue weighted by molar-refractivity contribution is 5.92. The maximum Gasteiger partial charge on any atom is 0.411 e. The third-order valence-electron chi connectivity index (χ3n) is 9.87. The van der Waals surface area contributed by atoms with Crippen molar-refractivity contribution in [2.45, 2.75) is 137 Å². The van der Waals surface area contributed by atoms with Gasteiger partial charge in [0.05, 0.1) is 30.1 Å². The Labute approximate surface area is 347 Å². The number of ether oxygens (including phenoxy) is 6.